The number of thiophene rings is 1. The molecule has 0 spiro atoms. The average Bonchev–Trinajstić information content (AvgIpc) is 3.21. The maximum atomic E-state index is 12.2. The second-order valence-corrected chi connectivity index (χ2v) is 7.01. The fraction of sp³-hybridized carbons (Fsp3) is 0.188. The lowest BCUT2D eigenvalue weighted by molar-refractivity contribution is 0.102. The number of Topliss-reactive ketones (excluding diaryl/α,β-unsaturated/α-hetero) is 1. The molecular formula is C16H15N3O2S2. The minimum Gasteiger partial charge on any atom is -0.495 e. The average molecular weight is 345 g/mol. The van der Waals surface area contributed by atoms with Gasteiger partial charge in [0.15, 0.2) is 10.9 Å². The van der Waals surface area contributed by atoms with Crippen molar-refractivity contribution in [2.75, 3.05) is 12.9 Å². The quantitative estimate of drug-likeness (QED) is 0.504. The van der Waals surface area contributed by atoms with E-state index in [2.05, 4.69) is 10.2 Å². The number of ether oxygens (including phenoxy) is 1. The summed E-state index contributed by atoms with van der Waals surface area (Å²) in [5.74, 6) is 1.16. The van der Waals surface area contributed by atoms with Gasteiger partial charge in [0.1, 0.15) is 12.1 Å². The normalized spacial score (nSPS) is 10.7. The van der Waals surface area contributed by atoms with E-state index in [0.717, 1.165) is 21.2 Å². The van der Waals surface area contributed by atoms with Crippen molar-refractivity contribution in [3.05, 3.63) is 52.5 Å². The van der Waals surface area contributed by atoms with Crippen molar-refractivity contribution in [1.29, 1.82) is 0 Å². The van der Waals surface area contributed by atoms with Crippen LogP contribution in [0.2, 0.25) is 0 Å². The Bertz CT molecular complexity index is 826. The number of aromatic nitrogens is 3. The number of hydrogen-bond donors (Lipinski definition) is 0. The predicted molar refractivity (Wildman–Crippen MR) is 92.0 cm³/mol. The Kier molecular flexibility index (Phi) is 4.78. The van der Waals surface area contributed by atoms with Gasteiger partial charge in [0.2, 0.25) is 0 Å². The first-order valence-electron chi connectivity index (χ1n) is 6.95. The standard InChI is InChI=1S/C16H15N3O2S2/c1-11-7-8-15(23-11)13(20)9-22-16-18-17-10-19(16)12-5-3-4-6-14(12)21-2/h3-8,10H,9H2,1-2H3. The third kappa shape index (κ3) is 3.46. The minimum absolute atomic E-state index is 0.0997. The van der Waals surface area contributed by atoms with Crippen LogP contribution < -0.4 is 4.74 Å². The third-order valence-corrected chi connectivity index (χ3v) is 5.19. The van der Waals surface area contributed by atoms with Crippen LogP contribution in [0.3, 0.4) is 0 Å². The highest BCUT2D eigenvalue weighted by molar-refractivity contribution is 7.99. The van der Waals surface area contributed by atoms with Crippen LogP contribution in [-0.4, -0.2) is 33.4 Å². The van der Waals surface area contributed by atoms with Crippen LogP contribution in [0.5, 0.6) is 5.75 Å². The number of rotatable bonds is 6. The summed E-state index contributed by atoms with van der Waals surface area (Å²) in [6.45, 7) is 1.99. The molecule has 0 saturated carbocycles. The Morgan fingerprint density at radius 2 is 2.13 bits per heavy atom. The summed E-state index contributed by atoms with van der Waals surface area (Å²) in [5, 5.41) is 8.73. The molecule has 23 heavy (non-hydrogen) atoms. The van der Waals surface area contributed by atoms with Gasteiger partial charge in [-0.25, -0.2) is 0 Å². The summed E-state index contributed by atoms with van der Waals surface area (Å²) in [6.07, 6.45) is 1.62. The van der Waals surface area contributed by atoms with Crippen LogP contribution >= 0.6 is 23.1 Å². The fourth-order valence-corrected chi connectivity index (χ4v) is 3.80. The molecular weight excluding hydrogens is 330 g/mol. The van der Waals surface area contributed by atoms with E-state index in [1.54, 1.807) is 13.4 Å². The Balaban J connectivity index is 1.78. The highest BCUT2D eigenvalue weighted by Gasteiger charge is 2.14. The lowest BCUT2D eigenvalue weighted by Gasteiger charge is -2.10. The molecule has 0 amide bonds. The summed E-state index contributed by atoms with van der Waals surface area (Å²) in [4.78, 5) is 14.1. The number of carbonyl (C=O) groups is 1. The molecule has 0 aliphatic carbocycles. The van der Waals surface area contributed by atoms with Gasteiger partial charge in [0.05, 0.1) is 23.4 Å². The van der Waals surface area contributed by atoms with Gasteiger partial charge in [0.25, 0.3) is 0 Å². The van der Waals surface area contributed by atoms with Crippen molar-refractivity contribution in [3.8, 4) is 11.4 Å². The van der Waals surface area contributed by atoms with Gasteiger partial charge in [-0.05, 0) is 31.2 Å². The van der Waals surface area contributed by atoms with Gasteiger partial charge in [-0.2, -0.15) is 0 Å². The molecule has 0 bridgehead atoms. The van der Waals surface area contributed by atoms with Crippen molar-refractivity contribution >= 4 is 28.9 Å². The monoisotopic (exact) mass is 345 g/mol. The number of nitrogens with zero attached hydrogens (tertiary/aromatic N) is 3. The largest absolute Gasteiger partial charge is 0.495 e. The zero-order valence-corrected chi connectivity index (χ0v) is 14.4. The maximum Gasteiger partial charge on any atom is 0.196 e. The number of hydrogen-bond acceptors (Lipinski definition) is 6. The van der Waals surface area contributed by atoms with E-state index < -0.39 is 0 Å². The fourth-order valence-electron chi connectivity index (χ4n) is 2.10. The smallest absolute Gasteiger partial charge is 0.196 e. The molecule has 2 aromatic heterocycles. The molecule has 1 aromatic carbocycles. The number of thioether (sulfide) groups is 1. The molecule has 0 atom stereocenters. The highest BCUT2D eigenvalue weighted by atomic mass is 32.2. The Labute approximate surface area is 142 Å². The number of carbonyl (C=O) groups excluding carboxylic acids is 1. The summed E-state index contributed by atoms with van der Waals surface area (Å²) < 4.78 is 7.20. The van der Waals surface area contributed by atoms with E-state index in [-0.39, 0.29) is 5.78 Å². The molecule has 0 radical (unpaired) electrons. The van der Waals surface area contributed by atoms with Crippen LogP contribution in [0.15, 0.2) is 47.9 Å². The first-order valence-corrected chi connectivity index (χ1v) is 8.75. The number of ketones is 1. The molecule has 5 nitrogen and oxygen atoms in total. The van der Waals surface area contributed by atoms with Gasteiger partial charge in [-0.1, -0.05) is 23.9 Å². The Hall–Kier alpha value is -2.12. The molecule has 0 fully saturated rings. The summed E-state index contributed by atoms with van der Waals surface area (Å²) in [7, 11) is 1.62. The highest BCUT2D eigenvalue weighted by Crippen LogP contribution is 2.27. The number of methoxy groups -OCH3 is 1. The van der Waals surface area contributed by atoms with Crippen molar-refractivity contribution in [2.24, 2.45) is 0 Å². The predicted octanol–water partition coefficient (Wildman–Crippen LogP) is 3.62. The molecule has 7 heteroatoms. The maximum absolute atomic E-state index is 12.2. The van der Waals surface area contributed by atoms with Crippen molar-refractivity contribution in [1.82, 2.24) is 14.8 Å². The zero-order valence-electron chi connectivity index (χ0n) is 12.7. The van der Waals surface area contributed by atoms with Gasteiger partial charge < -0.3 is 4.74 Å². The molecule has 0 saturated heterocycles. The number of benzene rings is 1. The zero-order chi connectivity index (χ0) is 16.2. The van der Waals surface area contributed by atoms with E-state index >= 15 is 0 Å². The van der Waals surface area contributed by atoms with Crippen molar-refractivity contribution < 1.29 is 9.53 Å². The third-order valence-electron chi connectivity index (χ3n) is 3.21. The van der Waals surface area contributed by atoms with Crippen molar-refractivity contribution in [3.63, 3.8) is 0 Å². The molecule has 0 N–H and O–H groups in total. The number of aryl methyl sites for hydroxylation is 1. The van der Waals surface area contributed by atoms with Gasteiger partial charge in [-0.3, -0.25) is 9.36 Å². The Morgan fingerprint density at radius 3 is 2.87 bits per heavy atom. The Morgan fingerprint density at radius 1 is 1.30 bits per heavy atom. The molecule has 2 heterocycles. The second-order valence-electron chi connectivity index (χ2n) is 4.78. The molecule has 3 aromatic rings. The van der Waals surface area contributed by atoms with Crippen LogP contribution in [0.25, 0.3) is 5.69 Å². The summed E-state index contributed by atoms with van der Waals surface area (Å²) in [6, 6.07) is 11.5. The SMILES string of the molecule is COc1ccccc1-n1cnnc1SCC(=O)c1ccc(C)s1. The van der Waals surface area contributed by atoms with E-state index in [4.69, 9.17) is 4.74 Å². The molecule has 118 valence electrons. The molecule has 0 aliphatic heterocycles. The van der Waals surface area contributed by atoms with Crippen LogP contribution in [-0.2, 0) is 0 Å². The van der Waals surface area contributed by atoms with E-state index in [9.17, 15) is 4.79 Å². The first-order chi connectivity index (χ1) is 11.2. The lowest BCUT2D eigenvalue weighted by Crippen LogP contribution is -2.03. The second kappa shape index (κ2) is 6.97. The first kappa shape index (κ1) is 15.8. The molecule has 0 aliphatic rings. The summed E-state index contributed by atoms with van der Waals surface area (Å²) in [5.41, 5.74) is 0.849. The van der Waals surface area contributed by atoms with E-state index in [1.165, 1.54) is 23.1 Å². The van der Waals surface area contributed by atoms with Gasteiger partial charge in [0, 0.05) is 4.88 Å². The lowest BCUT2D eigenvalue weighted by atomic mass is 10.3. The topological polar surface area (TPSA) is 57.0 Å². The van der Waals surface area contributed by atoms with E-state index in [1.807, 2.05) is 47.9 Å². The van der Waals surface area contributed by atoms with Crippen LogP contribution in [0, 0.1) is 6.92 Å². The number of para-hydroxylation sites is 2. The van der Waals surface area contributed by atoms with E-state index in [0.29, 0.717) is 10.9 Å². The molecule has 0 unspecified atom stereocenters. The van der Waals surface area contributed by atoms with Crippen molar-refractivity contribution in [2.45, 2.75) is 12.1 Å². The summed E-state index contributed by atoms with van der Waals surface area (Å²) >= 11 is 2.88. The van der Waals surface area contributed by atoms with Gasteiger partial charge in [-0.15, -0.1) is 21.5 Å². The van der Waals surface area contributed by atoms with Crippen LogP contribution in [0.1, 0.15) is 14.5 Å². The van der Waals surface area contributed by atoms with Crippen LogP contribution in [0.4, 0.5) is 0 Å². The minimum atomic E-state index is 0.0997. The molecule has 3 rings (SSSR count). The van der Waals surface area contributed by atoms with Gasteiger partial charge >= 0.3 is 0 Å².